The van der Waals surface area contributed by atoms with Gasteiger partial charge in [0, 0.05) is 11.1 Å². The summed E-state index contributed by atoms with van der Waals surface area (Å²) >= 11 is 0. The molecule has 0 aliphatic rings. The summed E-state index contributed by atoms with van der Waals surface area (Å²) in [4.78, 5) is 0. The van der Waals surface area contributed by atoms with Crippen molar-refractivity contribution in [2.24, 2.45) is 17.6 Å². The largest absolute Gasteiger partial charge is 0.490 e. The normalized spacial score (nSPS) is 14.6. The highest BCUT2D eigenvalue weighted by atomic mass is 16.5. The van der Waals surface area contributed by atoms with Gasteiger partial charge in [0.2, 0.25) is 0 Å². The van der Waals surface area contributed by atoms with Gasteiger partial charge in [0.25, 0.3) is 0 Å². The average Bonchev–Trinajstić information content (AvgIpc) is 2.94. The van der Waals surface area contributed by atoms with E-state index in [1.54, 1.807) is 0 Å². The summed E-state index contributed by atoms with van der Waals surface area (Å²) < 4.78 is 13.0. The summed E-state index contributed by atoms with van der Waals surface area (Å²) in [5.41, 5.74) is 10.8. The molecule has 0 aliphatic carbocycles. The van der Waals surface area contributed by atoms with E-state index in [2.05, 4.69) is 94.4 Å². The third-order valence-electron chi connectivity index (χ3n) is 7.39. The van der Waals surface area contributed by atoms with Crippen molar-refractivity contribution in [1.29, 1.82) is 0 Å². The Hall–Kier alpha value is -2.62. The quantitative estimate of drug-likeness (QED) is 0.144. The Bertz CT molecular complexity index is 976. The third kappa shape index (κ3) is 9.29. The van der Waals surface area contributed by atoms with Crippen molar-refractivity contribution in [2.75, 3.05) is 13.2 Å². The van der Waals surface area contributed by atoms with Crippen LogP contribution >= 0.6 is 0 Å². The summed E-state index contributed by atoms with van der Waals surface area (Å²) in [5, 5.41) is 0. The number of benzene rings is 3. The molecule has 3 nitrogen and oxygen atoms in total. The lowest BCUT2D eigenvalue weighted by atomic mass is 9.87. The zero-order valence-corrected chi connectivity index (χ0v) is 24.1. The Morgan fingerprint density at radius 3 is 1.58 bits per heavy atom. The lowest BCUT2D eigenvalue weighted by molar-refractivity contribution is -0.0795. The van der Waals surface area contributed by atoms with Gasteiger partial charge in [-0.25, -0.2) is 0 Å². The van der Waals surface area contributed by atoms with E-state index >= 15 is 0 Å². The summed E-state index contributed by atoms with van der Waals surface area (Å²) in [7, 11) is 0. The van der Waals surface area contributed by atoms with Crippen LogP contribution in [0, 0.1) is 11.8 Å². The molecule has 0 radical (unpaired) electrons. The van der Waals surface area contributed by atoms with Gasteiger partial charge in [-0.15, -0.1) is 0 Å². The first kappa shape index (κ1) is 29.9. The van der Waals surface area contributed by atoms with Crippen molar-refractivity contribution in [2.45, 2.75) is 84.8 Å². The Balaban J connectivity index is 1.75. The van der Waals surface area contributed by atoms with Gasteiger partial charge in [-0.3, -0.25) is 0 Å². The Kier molecular flexibility index (Phi) is 12.4. The second-order valence-corrected chi connectivity index (χ2v) is 11.1. The van der Waals surface area contributed by atoms with Gasteiger partial charge in [-0.2, -0.15) is 0 Å². The summed E-state index contributed by atoms with van der Waals surface area (Å²) in [6.45, 7) is 10.1. The van der Waals surface area contributed by atoms with Crippen LogP contribution in [0.2, 0.25) is 0 Å². The molecule has 2 atom stereocenters. The smallest absolute Gasteiger partial charge is 0.135 e. The lowest BCUT2D eigenvalue weighted by Gasteiger charge is -2.35. The zero-order chi connectivity index (χ0) is 27.2. The van der Waals surface area contributed by atoms with E-state index in [1.165, 1.54) is 38.5 Å². The van der Waals surface area contributed by atoms with Crippen LogP contribution in [-0.2, 0) is 4.74 Å². The van der Waals surface area contributed by atoms with Gasteiger partial charge in [0.05, 0.1) is 6.61 Å². The first-order valence-electron chi connectivity index (χ1n) is 14.7. The minimum atomic E-state index is -0.620. The number of ether oxygens (including phenoxy) is 2. The standard InChI is InChI=1S/C35H49NO2/c1-5-7-16-28(3)26-35(36,27-29(4)17-8-6-2)38-25-24-37-34-32(30-18-11-9-12-19-30)22-15-23-33(34)31-20-13-10-14-21-31/h9-15,18-23,28-29H,5-8,16-17,24-27,36H2,1-4H3. The molecule has 0 saturated carbocycles. The fourth-order valence-electron chi connectivity index (χ4n) is 5.46. The number of rotatable bonds is 17. The van der Waals surface area contributed by atoms with Gasteiger partial charge in [-0.1, -0.05) is 145 Å². The molecule has 3 aromatic rings. The van der Waals surface area contributed by atoms with Crippen LogP contribution in [0.4, 0.5) is 0 Å². The van der Waals surface area contributed by atoms with Crippen molar-refractivity contribution in [3.8, 4) is 28.0 Å². The molecule has 206 valence electrons. The molecule has 0 aliphatic heterocycles. The van der Waals surface area contributed by atoms with Crippen LogP contribution in [-0.4, -0.2) is 18.9 Å². The number of nitrogens with two attached hydrogens (primary N) is 1. The van der Waals surface area contributed by atoms with E-state index in [0.717, 1.165) is 40.8 Å². The van der Waals surface area contributed by atoms with Crippen molar-refractivity contribution in [3.05, 3.63) is 78.9 Å². The molecule has 2 unspecified atom stereocenters. The van der Waals surface area contributed by atoms with Gasteiger partial charge < -0.3 is 15.2 Å². The Morgan fingerprint density at radius 2 is 1.13 bits per heavy atom. The van der Waals surface area contributed by atoms with Crippen LogP contribution in [0.15, 0.2) is 78.9 Å². The molecule has 0 heterocycles. The number of para-hydroxylation sites is 1. The van der Waals surface area contributed by atoms with E-state index < -0.39 is 5.72 Å². The Morgan fingerprint density at radius 1 is 0.658 bits per heavy atom. The molecule has 2 N–H and O–H groups in total. The molecule has 3 heteroatoms. The van der Waals surface area contributed by atoms with Gasteiger partial charge in [-0.05, 0) is 35.8 Å². The minimum Gasteiger partial charge on any atom is -0.490 e. The monoisotopic (exact) mass is 515 g/mol. The van der Waals surface area contributed by atoms with Gasteiger partial charge in [0.15, 0.2) is 0 Å². The van der Waals surface area contributed by atoms with E-state index in [4.69, 9.17) is 15.2 Å². The highest BCUT2D eigenvalue weighted by Gasteiger charge is 2.30. The molecular weight excluding hydrogens is 466 g/mol. The Labute approximate surface area is 231 Å². The molecule has 0 aromatic heterocycles. The summed E-state index contributed by atoms with van der Waals surface area (Å²) in [6, 6.07) is 27.3. The third-order valence-corrected chi connectivity index (χ3v) is 7.39. The SMILES string of the molecule is CCCCC(C)CC(N)(CC(C)CCCC)OCCOc1c(-c2ccccc2)cccc1-c1ccccc1. The first-order chi connectivity index (χ1) is 18.5. The van der Waals surface area contributed by atoms with Crippen LogP contribution in [0.1, 0.15) is 79.1 Å². The highest BCUT2D eigenvalue weighted by Crippen LogP contribution is 2.39. The predicted octanol–water partition coefficient (Wildman–Crippen LogP) is 9.50. The summed E-state index contributed by atoms with van der Waals surface area (Å²) in [6.07, 6.45) is 9.09. The van der Waals surface area contributed by atoms with Crippen LogP contribution < -0.4 is 10.5 Å². The second kappa shape index (κ2) is 15.7. The van der Waals surface area contributed by atoms with Crippen LogP contribution in [0.25, 0.3) is 22.3 Å². The molecule has 0 saturated heterocycles. The molecule has 0 amide bonds. The molecule has 3 rings (SSSR count). The average molecular weight is 516 g/mol. The van der Waals surface area contributed by atoms with Crippen molar-refractivity contribution < 1.29 is 9.47 Å². The van der Waals surface area contributed by atoms with E-state index in [1.807, 2.05) is 12.1 Å². The van der Waals surface area contributed by atoms with Gasteiger partial charge >= 0.3 is 0 Å². The lowest BCUT2D eigenvalue weighted by Crippen LogP contribution is -2.46. The molecule has 0 spiro atoms. The summed E-state index contributed by atoms with van der Waals surface area (Å²) in [5.74, 6) is 1.98. The van der Waals surface area contributed by atoms with Gasteiger partial charge in [0.1, 0.15) is 18.1 Å². The topological polar surface area (TPSA) is 44.5 Å². The molecule has 0 bridgehead atoms. The minimum absolute atomic E-state index is 0.454. The maximum absolute atomic E-state index is 6.99. The maximum atomic E-state index is 6.99. The van der Waals surface area contributed by atoms with Crippen molar-refractivity contribution >= 4 is 0 Å². The van der Waals surface area contributed by atoms with E-state index in [0.29, 0.717) is 25.0 Å². The molecular formula is C35H49NO2. The molecule has 0 fully saturated rings. The highest BCUT2D eigenvalue weighted by molar-refractivity contribution is 5.82. The number of hydrogen-bond acceptors (Lipinski definition) is 3. The molecule has 38 heavy (non-hydrogen) atoms. The van der Waals surface area contributed by atoms with Crippen molar-refractivity contribution in [1.82, 2.24) is 0 Å². The predicted molar refractivity (Wildman–Crippen MR) is 162 cm³/mol. The zero-order valence-electron chi connectivity index (χ0n) is 24.1. The first-order valence-corrected chi connectivity index (χ1v) is 14.7. The number of hydrogen-bond donors (Lipinski definition) is 1. The fourth-order valence-corrected chi connectivity index (χ4v) is 5.46. The number of unbranched alkanes of at least 4 members (excludes halogenated alkanes) is 2. The van der Waals surface area contributed by atoms with Crippen molar-refractivity contribution in [3.63, 3.8) is 0 Å². The van der Waals surface area contributed by atoms with Crippen LogP contribution in [0.3, 0.4) is 0 Å². The van der Waals surface area contributed by atoms with Crippen LogP contribution in [0.5, 0.6) is 5.75 Å². The second-order valence-electron chi connectivity index (χ2n) is 11.1. The molecule has 3 aromatic carbocycles. The van der Waals surface area contributed by atoms with E-state index in [-0.39, 0.29) is 0 Å². The maximum Gasteiger partial charge on any atom is 0.135 e. The van der Waals surface area contributed by atoms with E-state index in [9.17, 15) is 0 Å². The fraction of sp³-hybridized carbons (Fsp3) is 0.486.